The third-order valence-electron chi connectivity index (χ3n) is 3.82. The lowest BCUT2D eigenvalue weighted by Crippen LogP contribution is -2.46. The number of amides is 2. The molecule has 2 N–H and O–H groups in total. The summed E-state index contributed by atoms with van der Waals surface area (Å²) >= 11 is 0. The van der Waals surface area contributed by atoms with Crippen LogP contribution in [-0.2, 0) is 12.1 Å². The third-order valence-corrected chi connectivity index (χ3v) is 3.82. The van der Waals surface area contributed by atoms with Crippen LogP contribution in [0.2, 0.25) is 0 Å². The Labute approximate surface area is 135 Å². The van der Waals surface area contributed by atoms with Crippen LogP contribution in [-0.4, -0.2) is 12.8 Å². The summed E-state index contributed by atoms with van der Waals surface area (Å²) in [6, 6.07) is 15.3. The summed E-state index contributed by atoms with van der Waals surface area (Å²) in [4.78, 5) is 12.2. The number of urea groups is 1. The van der Waals surface area contributed by atoms with Crippen molar-refractivity contribution in [3.05, 3.63) is 59.7 Å². The Morgan fingerprint density at radius 2 is 1.83 bits per heavy atom. The number of carbonyl (C=O) groups is 1. The Morgan fingerprint density at radius 1 is 1.09 bits per heavy atom. The van der Waals surface area contributed by atoms with Gasteiger partial charge in [0, 0.05) is 6.54 Å². The zero-order chi connectivity index (χ0) is 16.3. The van der Waals surface area contributed by atoms with Gasteiger partial charge < -0.3 is 20.1 Å². The molecule has 0 unspecified atom stereocenters. The molecule has 0 fully saturated rings. The van der Waals surface area contributed by atoms with Crippen molar-refractivity contribution in [2.24, 2.45) is 0 Å². The molecule has 0 spiro atoms. The lowest BCUT2D eigenvalue weighted by Gasteiger charge is -2.27. The van der Waals surface area contributed by atoms with E-state index in [9.17, 15) is 4.79 Å². The van der Waals surface area contributed by atoms with E-state index >= 15 is 0 Å². The number of benzene rings is 2. The fourth-order valence-corrected chi connectivity index (χ4v) is 2.46. The molecule has 120 valence electrons. The standard InChI is InChI=1S/C18H20N2O3/c1-18(2,14-8-9-15-16(10-14)23-12-22-15)20-17(21)19-11-13-6-4-3-5-7-13/h3-10H,11-12H2,1-2H3,(H2,19,20,21). The summed E-state index contributed by atoms with van der Waals surface area (Å²) in [5.74, 6) is 1.44. The number of ether oxygens (including phenoxy) is 2. The summed E-state index contributed by atoms with van der Waals surface area (Å²) in [7, 11) is 0. The van der Waals surface area contributed by atoms with Gasteiger partial charge in [0.05, 0.1) is 5.54 Å². The van der Waals surface area contributed by atoms with Crippen molar-refractivity contribution >= 4 is 6.03 Å². The highest BCUT2D eigenvalue weighted by atomic mass is 16.7. The lowest BCUT2D eigenvalue weighted by atomic mass is 9.94. The van der Waals surface area contributed by atoms with Crippen molar-refractivity contribution in [1.29, 1.82) is 0 Å². The van der Waals surface area contributed by atoms with Crippen molar-refractivity contribution in [3.63, 3.8) is 0 Å². The average molecular weight is 312 g/mol. The predicted octanol–water partition coefficient (Wildman–Crippen LogP) is 3.15. The van der Waals surface area contributed by atoms with Crippen LogP contribution in [0.25, 0.3) is 0 Å². The lowest BCUT2D eigenvalue weighted by molar-refractivity contribution is 0.174. The number of carbonyl (C=O) groups excluding carboxylic acids is 1. The van der Waals surface area contributed by atoms with E-state index in [-0.39, 0.29) is 12.8 Å². The van der Waals surface area contributed by atoms with Gasteiger partial charge in [-0.15, -0.1) is 0 Å². The summed E-state index contributed by atoms with van der Waals surface area (Å²) in [6.07, 6.45) is 0. The van der Waals surface area contributed by atoms with Crippen molar-refractivity contribution in [2.75, 3.05) is 6.79 Å². The Balaban J connectivity index is 1.62. The molecular weight excluding hydrogens is 292 g/mol. The third kappa shape index (κ3) is 3.56. The first-order chi connectivity index (χ1) is 11.0. The van der Waals surface area contributed by atoms with Crippen LogP contribution in [0.3, 0.4) is 0 Å². The number of rotatable bonds is 4. The molecule has 1 heterocycles. The maximum atomic E-state index is 12.2. The van der Waals surface area contributed by atoms with Crippen molar-refractivity contribution < 1.29 is 14.3 Å². The van der Waals surface area contributed by atoms with Gasteiger partial charge in [-0.2, -0.15) is 0 Å². The molecule has 2 aromatic rings. The highest BCUT2D eigenvalue weighted by Gasteiger charge is 2.25. The van der Waals surface area contributed by atoms with Crippen LogP contribution in [0.5, 0.6) is 11.5 Å². The first kappa shape index (κ1) is 15.2. The second-order valence-electron chi connectivity index (χ2n) is 5.99. The van der Waals surface area contributed by atoms with Gasteiger partial charge in [-0.3, -0.25) is 0 Å². The Bertz CT molecular complexity index is 699. The first-order valence-corrected chi connectivity index (χ1v) is 7.55. The van der Waals surface area contributed by atoms with Gasteiger partial charge in [0.2, 0.25) is 6.79 Å². The second-order valence-corrected chi connectivity index (χ2v) is 5.99. The molecule has 1 aliphatic rings. The molecule has 0 aliphatic carbocycles. The highest BCUT2D eigenvalue weighted by molar-refractivity contribution is 5.75. The molecular formula is C18H20N2O3. The van der Waals surface area contributed by atoms with Gasteiger partial charge in [-0.1, -0.05) is 36.4 Å². The quantitative estimate of drug-likeness (QED) is 0.912. The smallest absolute Gasteiger partial charge is 0.315 e. The highest BCUT2D eigenvalue weighted by Crippen LogP contribution is 2.35. The van der Waals surface area contributed by atoms with Crippen LogP contribution in [0.4, 0.5) is 4.79 Å². The van der Waals surface area contributed by atoms with Crippen LogP contribution in [0.15, 0.2) is 48.5 Å². The number of hydrogen-bond donors (Lipinski definition) is 2. The second kappa shape index (κ2) is 6.20. The SMILES string of the molecule is CC(C)(NC(=O)NCc1ccccc1)c1ccc2c(c1)OCO2. The van der Waals surface area contributed by atoms with E-state index < -0.39 is 5.54 Å². The summed E-state index contributed by atoms with van der Waals surface area (Å²) < 4.78 is 10.7. The minimum Gasteiger partial charge on any atom is -0.454 e. The fraction of sp³-hybridized carbons (Fsp3) is 0.278. The van der Waals surface area contributed by atoms with E-state index in [1.54, 1.807) is 0 Å². The van der Waals surface area contributed by atoms with Gasteiger partial charge in [0.15, 0.2) is 11.5 Å². The first-order valence-electron chi connectivity index (χ1n) is 7.55. The van der Waals surface area contributed by atoms with Crippen LogP contribution >= 0.6 is 0 Å². The zero-order valence-electron chi connectivity index (χ0n) is 13.3. The molecule has 0 radical (unpaired) electrons. The van der Waals surface area contributed by atoms with E-state index in [2.05, 4.69) is 10.6 Å². The van der Waals surface area contributed by atoms with Crippen LogP contribution in [0, 0.1) is 0 Å². The molecule has 0 saturated carbocycles. The molecule has 5 nitrogen and oxygen atoms in total. The molecule has 3 rings (SSSR count). The average Bonchev–Trinajstić information content (AvgIpc) is 3.01. The molecule has 2 amide bonds. The fourth-order valence-electron chi connectivity index (χ4n) is 2.46. The van der Waals surface area contributed by atoms with Gasteiger partial charge in [0.25, 0.3) is 0 Å². The van der Waals surface area contributed by atoms with Gasteiger partial charge >= 0.3 is 6.03 Å². The topological polar surface area (TPSA) is 59.6 Å². The normalized spacial score (nSPS) is 12.8. The monoisotopic (exact) mass is 312 g/mol. The predicted molar refractivity (Wildman–Crippen MR) is 87.4 cm³/mol. The van der Waals surface area contributed by atoms with Crippen molar-refractivity contribution in [3.8, 4) is 11.5 Å². The molecule has 2 aromatic carbocycles. The van der Waals surface area contributed by atoms with E-state index in [0.29, 0.717) is 12.3 Å². The Kier molecular flexibility index (Phi) is 4.10. The Morgan fingerprint density at radius 3 is 2.61 bits per heavy atom. The summed E-state index contributed by atoms with van der Waals surface area (Å²) in [6.45, 7) is 4.63. The largest absolute Gasteiger partial charge is 0.454 e. The number of hydrogen-bond acceptors (Lipinski definition) is 3. The molecule has 0 atom stereocenters. The zero-order valence-corrected chi connectivity index (χ0v) is 13.3. The molecule has 5 heteroatoms. The van der Waals surface area contributed by atoms with E-state index in [1.165, 1.54) is 0 Å². The van der Waals surface area contributed by atoms with Gasteiger partial charge in [-0.05, 0) is 37.1 Å². The minimum absolute atomic E-state index is 0.212. The summed E-state index contributed by atoms with van der Waals surface area (Å²) in [5, 5.41) is 5.86. The van der Waals surface area contributed by atoms with Crippen LogP contribution in [0.1, 0.15) is 25.0 Å². The van der Waals surface area contributed by atoms with Crippen LogP contribution < -0.4 is 20.1 Å². The molecule has 1 aliphatic heterocycles. The van der Waals surface area contributed by atoms with Gasteiger partial charge in [-0.25, -0.2) is 4.79 Å². The maximum absolute atomic E-state index is 12.2. The number of fused-ring (bicyclic) bond motifs is 1. The molecule has 0 aromatic heterocycles. The van der Waals surface area contributed by atoms with E-state index in [0.717, 1.165) is 16.9 Å². The Hall–Kier alpha value is -2.69. The van der Waals surface area contributed by atoms with Crippen molar-refractivity contribution in [2.45, 2.75) is 25.9 Å². The molecule has 23 heavy (non-hydrogen) atoms. The minimum atomic E-state index is -0.526. The molecule has 0 saturated heterocycles. The molecule has 0 bridgehead atoms. The van der Waals surface area contributed by atoms with E-state index in [4.69, 9.17) is 9.47 Å². The van der Waals surface area contributed by atoms with Gasteiger partial charge in [0.1, 0.15) is 0 Å². The number of nitrogens with one attached hydrogen (secondary N) is 2. The maximum Gasteiger partial charge on any atom is 0.315 e. The summed E-state index contributed by atoms with van der Waals surface area (Å²) in [5.41, 5.74) is 1.49. The van der Waals surface area contributed by atoms with E-state index in [1.807, 2.05) is 62.4 Å². The van der Waals surface area contributed by atoms with Crippen molar-refractivity contribution in [1.82, 2.24) is 10.6 Å².